The first-order valence-electron chi connectivity index (χ1n) is 7.90. The topological polar surface area (TPSA) is 72.7 Å². The van der Waals surface area contributed by atoms with Crippen LogP contribution in [0.3, 0.4) is 0 Å². The Morgan fingerprint density at radius 2 is 2.09 bits per heavy atom. The van der Waals surface area contributed by atoms with E-state index in [1.807, 2.05) is 30.3 Å². The zero-order chi connectivity index (χ0) is 14.9. The third-order valence-electron chi connectivity index (χ3n) is 4.85. The lowest BCUT2D eigenvalue weighted by atomic mass is 9.95. The summed E-state index contributed by atoms with van der Waals surface area (Å²) >= 11 is 0. The van der Waals surface area contributed by atoms with Crippen molar-refractivity contribution >= 4 is 5.91 Å². The molecule has 2 bridgehead atoms. The number of fused-ring (bicyclic) bond motifs is 2. The summed E-state index contributed by atoms with van der Waals surface area (Å²) in [6, 6.07) is 10.0. The second-order valence-corrected chi connectivity index (χ2v) is 6.36. The smallest absolute Gasteiger partial charge is 0.243 e. The van der Waals surface area contributed by atoms with Gasteiger partial charge in [0.2, 0.25) is 11.7 Å². The fourth-order valence-corrected chi connectivity index (χ4v) is 3.82. The average molecular weight is 297 g/mol. The van der Waals surface area contributed by atoms with Crippen LogP contribution in [0.4, 0.5) is 0 Å². The summed E-state index contributed by atoms with van der Waals surface area (Å²) in [5, 5.41) is 15.4. The van der Waals surface area contributed by atoms with Gasteiger partial charge in [-0.15, -0.1) is 10.2 Å². The van der Waals surface area contributed by atoms with E-state index in [0.29, 0.717) is 17.8 Å². The van der Waals surface area contributed by atoms with Crippen LogP contribution in [-0.4, -0.2) is 32.2 Å². The molecule has 114 valence electrons. The first-order valence-corrected chi connectivity index (χ1v) is 7.90. The summed E-state index contributed by atoms with van der Waals surface area (Å²) in [5.74, 6) is 2.03. The third kappa shape index (κ3) is 2.61. The number of tetrazole rings is 1. The van der Waals surface area contributed by atoms with Gasteiger partial charge in [-0.2, -0.15) is 4.80 Å². The fraction of sp³-hybridized carbons (Fsp3) is 0.500. The molecule has 1 N–H and O–H groups in total. The van der Waals surface area contributed by atoms with Crippen LogP contribution >= 0.6 is 0 Å². The van der Waals surface area contributed by atoms with E-state index in [9.17, 15) is 4.79 Å². The van der Waals surface area contributed by atoms with E-state index < -0.39 is 0 Å². The molecule has 6 heteroatoms. The Bertz CT molecular complexity index is 668. The van der Waals surface area contributed by atoms with Crippen molar-refractivity contribution in [2.45, 2.75) is 38.3 Å². The number of carbonyl (C=O) groups is 1. The van der Waals surface area contributed by atoms with Crippen LogP contribution in [0.15, 0.2) is 30.3 Å². The van der Waals surface area contributed by atoms with E-state index >= 15 is 0 Å². The SMILES string of the molecule is O=C(Cn1nnc(-c2ccccc2)n1)NC1CC2CCC1C2. The van der Waals surface area contributed by atoms with Gasteiger partial charge in [0, 0.05) is 11.6 Å². The maximum atomic E-state index is 12.2. The summed E-state index contributed by atoms with van der Waals surface area (Å²) in [7, 11) is 0. The molecule has 1 heterocycles. The predicted octanol–water partition coefficient (Wildman–Crippen LogP) is 1.64. The molecular formula is C16H19N5O. The van der Waals surface area contributed by atoms with E-state index in [1.165, 1.54) is 24.1 Å². The molecule has 6 nitrogen and oxygen atoms in total. The minimum absolute atomic E-state index is 0.0189. The van der Waals surface area contributed by atoms with Gasteiger partial charge >= 0.3 is 0 Å². The molecular weight excluding hydrogens is 278 g/mol. The van der Waals surface area contributed by atoms with Crippen molar-refractivity contribution in [3.8, 4) is 11.4 Å². The molecule has 1 aromatic carbocycles. The molecule has 4 rings (SSSR count). The molecule has 2 saturated carbocycles. The van der Waals surface area contributed by atoms with Crippen LogP contribution < -0.4 is 5.32 Å². The van der Waals surface area contributed by atoms with Crippen LogP contribution in [0.1, 0.15) is 25.7 Å². The maximum absolute atomic E-state index is 12.2. The number of hydrogen-bond donors (Lipinski definition) is 1. The highest BCUT2D eigenvalue weighted by Gasteiger charge is 2.40. The molecule has 0 radical (unpaired) electrons. The number of rotatable bonds is 4. The molecule has 3 atom stereocenters. The van der Waals surface area contributed by atoms with Gasteiger partial charge in [0.25, 0.3) is 0 Å². The molecule has 0 saturated heterocycles. The van der Waals surface area contributed by atoms with Crippen molar-refractivity contribution in [2.24, 2.45) is 11.8 Å². The van der Waals surface area contributed by atoms with E-state index in [0.717, 1.165) is 17.9 Å². The lowest BCUT2D eigenvalue weighted by Crippen LogP contribution is -2.40. The number of benzene rings is 1. The highest BCUT2D eigenvalue weighted by atomic mass is 16.2. The van der Waals surface area contributed by atoms with Crippen molar-refractivity contribution in [1.29, 1.82) is 0 Å². The molecule has 22 heavy (non-hydrogen) atoms. The molecule has 0 spiro atoms. The highest BCUT2D eigenvalue weighted by molar-refractivity contribution is 5.76. The minimum Gasteiger partial charge on any atom is -0.351 e. The molecule has 2 aliphatic carbocycles. The van der Waals surface area contributed by atoms with Crippen LogP contribution in [0.5, 0.6) is 0 Å². The summed E-state index contributed by atoms with van der Waals surface area (Å²) in [5.41, 5.74) is 0.905. The lowest BCUT2D eigenvalue weighted by Gasteiger charge is -2.22. The van der Waals surface area contributed by atoms with Gasteiger partial charge in [0.15, 0.2) is 0 Å². The van der Waals surface area contributed by atoms with Crippen molar-refractivity contribution in [2.75, 3.05) is 0 Å². The lowest BCUT2D eigenvalue weighted by molar-refractivity contribution is -0.123. The molecule has 2 aromatic rings. The number of hydrogen-bond acceptors (Lipinski definition) is 4. The summed E-state index contributed by atoms with van der Waals surface area (Å²) in [6.07, 6.45) is 5.01. The van der Waals surface area contributed by atoms with Crippen LogP contribution in [0.25, 0.3) is 11.4 Å². The van der Waals surface area contributed by atoms with E-state index in [-0.39, 0.29) is 12.5 Å². The van der Waals surface area contributed by atoms with Crippen LogP contribution in [0, 0.1) is 11.8 Å². The zero-order valence-corrected chi connectivity index (χ0v) is 12.4. The zero-order valence-electron chi connectivity index (χ0n) is 12.4. The Morgan fingerprint density at radius 1 is 1.23 bits per heavy atom. The van der Waals surface area contributed by atoms with Gasteiger partial charge in [0.1, 0.15) is 6.54 Å². The van der Waals surface area contributed by atoms with Crippen molar-refractivity contribution in [3.05, 3.63) is 30.3 Å². The quantitative estimate of drug-likeness (QED) is 0.931. The monoisotopic (exact) mass is 297 g/mol. The molecule has 0 aliphatic heterocycles. The Morgan fingerprint density at radius 3 is 2.82 bits per heavy atom. The standard InChI is InChI=1S/C16H19N5O/c22-15(17-14-9-11-6-7-13(14)8-11)10-21-19-16(18-20-21)12-4-2-1-3-5-12/h1-5,11,13-14H,6-10H2,(H,17,22). The molecule has 1 aromatic heterocycles. The van der Waals surface area contributed by atoms with E-state index in [1.54, 1.807) is 0 Å². The third-order valence-corrected chi connectivity index (χ3v) is 4.85. The Kier molecular flexibility index (Phi) is 3.36. The predicted molar refractivity (Wildman–Crippen MR) is 80.6 cm³/mol. The summed E-state index contributed by atoms with van der Waals surface area (Å²) < 4.78 is 0. The second kappa shape index (κ2) is 5.51. The Labute approximate surface area is 128 Å². The van der Waals surface area contributed by atoms with E-state index in [2.05, 4.69) is 20.7 Å². The summed E-state index contributed by atoms with van der Waals surface area (Å²) in [6.45, 7) is 0.133. The van der Waals surface area contributed by atoms with Crippen molar-refractivity contribution in [1.82, 2.24) is 25.5 Å². The van der Waals surface area contributed by atoms with E-state index in [4.69, 9.17) is 0 Å². The van der Waals surface area contributed by atoms with Crippen LogP contribution in [-0.2, 0) is 11.3 Å². The fourth-order valence-electron chi connectivity index (χ4n) is 3.82. The second-order valence-electron chi connectivity index (χ2n) is 6.36. The first-order chi connectivity index (χ1) is 10.8. The van der Waals surface area contributed by atoms with Gasteiger partial charge in [-0.3, -0.25) is 4.79 Å². The molecule has 1 amide bonds. The van der Waals surface area contributed by atoms with Gasteiger partial charge < -0.3 is 5.32 Å². The Balaban J connectivity index is 1.37. The van der Waals surface area contributed by atoms with Gasteiger partial charge in [0.05, 0.1) is 0 Å². The van der Waals surface area contributed by atoms with Gasteiger partial charge in [-0.05, 0) is 36.3 Å². The number of aromatic nitrogens is 4. The normalized spacial score (nSPS) is 26.3. The minimum atomic E-state index is -0.0189. The molecule has 2 aliphatic rings. The number of nitrogens with one attached hydrogen (secondary N) is 1. The maximum Gasteiger partial charge on any atom is 0.243 e. The Hall–Kier alpha value is -2.24. The van der Waals surface area contributed by atoms with Gasteiger partial charge in [-0.1, -0.05) is 36.8 Å². The van der Waals surface area contributed by atoms with Gasteiger partial charge in [-0.25, -0.2) is 0 Å². The number of carbonyl (C=O) groups excluding carboxylic acids is 1. The van der Waals surface area contributed by atoms with Crippen LogP contribution in [0.2, 0.25) is 0 Å². The number of amides is 1. The van der Waals surface area contributed by atoms with Crippen molar-refractivity contribution in [3.63, 3.8) is 0 Å². The summed E-state index contributed by atoms with van der Waals surface area (Å²) in [4.78, 5) is 13.5. The average Bonchev–Trinajstić information content (AvgIpc) is 3.24. The molecule has 3 unspecified atom stereocenters. The number of nitrogens with zero attached hydrogens (tertiary/aromatic N) is 4. The highest BCUT2D eigenvalue weighted by Crippen LogP contribution is 2.44. The molecule has 2 fully saturated rings. The first kappa shape index (κ1) is 13.4. The largest absolute Gasteiger partial charge is 0.351 e. The van der Waals surface area contributed by atoms with Crippen molar-refractivity contribution < 1.29 is 4.79 Å².